The highest BCUT2D eigenvalue weighted by molar-refractivity contribution is 5.83. The lowest BCUT2D eigenvalue weighted by molar-refractivity contribution is -0.146. The second kappa shape index (κ2) is 5.66. The number of rotatable bonds is 4. The summed E-state index contributed by atoms with van der Waals surface area (Å²) in [6.07, 6.45) is -2.88. The second-order valence-electron chi connectivity index (χ2n) is 4.30. The van der Waals surface area contributed by atoms with Gasteiger partial charge >= 0.3 is 6.09 Å². The minimum absolute atomic E-state index is 0.479. The number of hydrogen-bond donors (Lipinski definition) is 3. The van der Waals surface area contributed by atoms with Crippen molar-refractivity contribution in [2.75, 3.05) is 0 Å². The van der Waals surface area contributed by atoms with Crippen molar-refractivity contribution in [2.24, 2.45) is 11.6 Å². The zero-order chi connectivity index (χ0) is 12.9. The molecule has 0 aliphatic carbocycles. The monoisotopic (exact) mass is 233 g/mol. The molecule has 0 fully saturated rings. The summed E-state index contributed by atoms with van der Waals surface area (Å²) in [5.74, 6) is 4.29. The van der Waals surface area contributed by atoms with Gasteiger partial charge in [-0.15, -0.1) is 0 Å². The first-order chi connectivity index (χ1) is 7.17. The normalized spacial score (nSPS) is 15.1. The maximum atomic E-state index is 11.3. The molecule has 5 N–H and O–H groups in total. The Hall–Kier alpha value is -1.34. The first-order valence-electron chi connectivity index (χ1n) is 4.81. The Balaban J connectivity index is 4.62. The Labute approximate surface area is 94.4 Å². The van der Waals surface area contributed by atoms with Gasteiger partial charge in [0, 0.05) is 0 Å². The van der Waals surface area contributed by atoms with Crippen LogP contribution in [0.15, 0.2) is 0 Å². The van der Waals surface area contributed by atoms with Gasteiger partial charge in [0.2, 0.25) is 6.10 Å². The van der Waals surface area contributed by atoms with Crippen LogP contribution in [0.5, 0.6) is 0 Å². The molecule has 0 radical (unpaired) electrons. The predicted molar refractivity (Wildman–Crippen MR) is 57.1 cm³/mol. The molecule has 0 aliphatic heterocycles. The lowest BCUT2D eigenvalue weighted by Crippen LogP contribution is -2.49. The average molecular weight is 233 g/mol. The van der Waals surface area contributed by atoms with Gasteiger partial charge in [-0.05, 0) is 27.7 Å². The van der Waals surface area contributed by atoms with E-state index in [4.69, 9.17) is 16.3 Å². The summed E-state index contributed by atoms with van der Waals surface area (Å²) in [5.41, 5.74) is 6.26. The number of amides is 2. The smallest absolute Gasteiger partial charge is 0.405 e. The van der Waals surface area contributed by atoms with Crippen LogP contribution in [0.2, 0.25) is 0 Å². The van der Waals surface area contributed by atoms with Crippen LogP contribution in [-0.2, 0) is 14.3 Å². The fourth-order valence-corrected chi connectivity index (χ4v) is 1.19. The van der Waals surface area contributed by atoms with Gasteiger partial charge in [0.25, 0.3) is 5.91 Å². The van der Waals surface area contributed by atoms with Gasteiger partial charge < -0.3 is 15.2 Å². The molecule has 7 nitrogen and oxygen atoms in total. The van der Waals surface area contributed by atoms with E-state index in [-0.39, 0.29) is 0 Å². The molecule has 2 atom stereocenters. The van der Waals surface area contributed by atoms with Crippen LogP contribution in [-0.4, -0.2) is 29.8 Å². The van der Waals surface area contributed by atoms with Crippen molar-refractivity contribution in [1.82, 2.24) is 5.43 Å². The Morgan fingerprint density at radius 1 is 1.31 bits per heavy atom. The van der Waals surface area contributed by atoms with Gasteiger partial charge in [-0.25, -0.2) is 10.6 Å². The molecule has 0 saturated carbocycles. The number of nitrogens with one attached hydrogen (secondary N) is 1. The van der Waals surface area contributed by atoms with Gasteiger partial charge in [-0.2, -0.15) is 0 Å². The van der Waals surface area contributed by atoms with Crippen molar-refractivity contribution in [3.8, 4) is 0 Å². The average Bonchev–Trinajstić information content (AvgIpc) is 2.09. The highest BCUT2D eigenvalue weighted by Crippen LogP contribution is 2.14. The minimum Gasteiger partial charge on any atom is -0.433 e. The summed E-state index contributed by atoms with van der Waals surface area (Å²) < 4.78 is 10.1. The summed E-state index contributed by atoms with van der Waals surface area (Å²) in [7, 11) is 0. The first kappa shape index (κ1) is 14.7. The Morgan fingerprint density at radius 2 is 1.81 bits per heavy atom. The number of carbonyl (C=O) groups is 2. The molecule has 0 saturated heterocycles. The number of primary amides is 1. The summed E-state index contributed by atoms with van der Waals surface area (Å²) in [6.45, 7) is 7.02. The Kier molecular flexibility index (Phi) is 5.19. The van der Waals surface area contributed by atoms with E-state index in [2.05, 4.69) is 4.74 Å². The van der Waals surface area contributed by atoms with Gasteiger partial charge in [0.05, 0.1) is 5.60 Å². The lowest BCUT2D eigenvalue weighted by atomic mass is 10.1. The molecule has 7 heteroatoms. The largest absolute Gasteiger partial charge is 0.433 e. The van der Waals surface area contributed by atoms with Crippen molar-refractivity contribution in [3.05, 3.63) is 0 Å². The third-order valence-corrected chi connectivity index (χ3v) is 1.61. The van der Waals surface area contributed by atoms with Crippen LogP contribution >= 0.6 is 0 Å². The molecule has 0 rings (SSSR count). The molecule has 94 valence electrons. The summed E-state index contributed by atoms with van der Waals surface area (Å²) >= 11 is 0. The van der Waals surface area contributed by atoms with Crippen molar-refractivity contribution < 1.29 is 19.1 Å². The van der Waals surface area contributed by atoms with Gasteiger partial charge in [-0.1, -0.05) is 0 Å². The Morgan fingerprint density at radius 3 is 2.12 bits per heavy atom. The molecule has 0 unspecified atom stereocenters. The molecular weight excluding hydrogens is 214 g/mol. The molecule has 16 heavy (non-hydrogen) atoms. The highest BCUT2D eigenvalue weighted by atomic mass is 16.6. The Bertz CT molecular complexity index is 262. The van der Waals surface area contributed by atoms with Crippen LogP contribution in [0.1, 0.15) is 27.7 Å². The van der Waals surface area contributed by atoms with Crippen molar-refractivity contribution in [3.63, 3.8) is 0 Å². The van der Waals surface area contributed by atoms with Crippen molar-refractivity contribution in [2.45, 2.75) is 45.5 Å². The van der Waals surface area contributed by atoms with E-state index in [9.17, 15) is 9.59 Å². The fraction of sp³-hybridized carbons (Fsp3) is 0.778. The molecule has 2 amide bonds. The highest BCUT2D eigenvalue weighted by Gasteiger charge is 2.31. The van der Waals surface area contributed by atoms with Crippen LogP contribution in [0.25, 0.3) is 0 Å². The zero-order valence-electron chi connectivity index (χ0n) is 9.94. The number of hydrogen-bond acceptors (Lipinski definition) is 5. The van der Waals surface area contributed by atoms with Gasteiger partial charge in [-0.3, -0.25) is 10.2 Å². The molecule has 0 bridgehead atoms. The maximum Gasteiger partial charge on any atom is 0.405 e. The van der Waals surface area contributed by atoms with Crippen molar-refractivity contribution >= 4 is 12.0 Å². The van der Waals surface area contributed by atoms with Crippen LogP contribution in [0.3, 0.4) is 0 Å². The van der Waals surface area contributed by atoms with Gasteiger partial charge in [0.15, 0.2) is 0 Å². The van der Waals surface area contributed by atoms with E-state index in [0.717, 1.165) is 0 Å². The quantitative estimate of drug-likeness (QED) is 0.348. The zero-order valence-corrected chi connectivity index (χ0v) is 9.94. The molecule has 0 spiro atoms. The molecule has 0 aliphatic rings. The number of ether oxygens (including phenoxy) is 2. The summed E-state index contributed by atoms with van der Waals surface area (Å²) in [5, 5.41) is 0. The lowest BCUT2D eigenvalue weighted by Gasteiger charge is -2.29. The topological polar surface area (TPSA) is 117 Å². The maximum absolute atomic E-state index is 11.3. The third-order valence-electron chi connectivity index (χ3n) is 1.61. The van der Waals surface area contributed by atoms with Crippen LogP contribution in [0, 0.1) is 0 Å². The summed E-state index contributed by atoms with van der Waals surface area (Å²) in [4.78, 5) is 21.9. The number of nitrogens with two attached hydrogens (primary N) is 2. The van der Waals surface area contributed by atoms with E-state index in [1.54, 1.807) is 6.92 Å². The molecular formula is C9H19N3O4. The molecule has 0 aromatic rings. The summed E-state index contributed by atoms with van der Waals surface area (Å²) in [6, 6.07) is 0. The predicted octanol–water partition coefficient (Wildman–Crippen LogP) is -0.356. The van der Waals surface area contributed by atoms with Gasteiger partial charge in [0.1, 0.15) is 6.10 Å². The number of carbonyl (C=O) groups excluding carboxylic acids is 2. The number of hydrazine groups is 1. The third kappa shape index (κ3) is 5.52. The van der Waals surface area contributed by atoms with E-state index >= 15 is 0 Å². The van der Waals surface area contributed by atoms with Crippen LogP contribution < -0.4 is 17.0 Å². The second-order valence-corrected chi connectivity index (χ2v) is 4.30. The molecule has 0 aromatic carbocycles. The van der Waals surface area contributed by atoms with E-state index in [0.29, 0.717) is 0 Å². The fourth-order valence-electron chi connectivity index (χ4n) is 1.19. The first-order valence-corrected chi connectivity index (χ1v) is 4.81. The molecule has 0 aromatic heterocycles. The van der Waals surface area contributed by atoms with Crippen LogP contribution in [0.4, 0.5) is 4.79 Å². The standard InChI is InChI=1S/C9H19N3O4/c1-5(16-9(2,3)4)6(7(13)12-11)15-8(10)14/h5-6H,11H2,1-4H3,(H2,10,14)(H,12,13)/t5-,6-/m0/s1. The molecule has 0 heterocycles. The van der Waals surface area contributed by atoms with E-state index < -0.39 is 29.8 Å². The van der Waals surface area contributed by atoms with E-state index in [1.165, 1.54) is 0 Å². The van der Waals surface area contributed by atoms with E-state index in [1.807, 2.05) is 26.2 Å². The SMILES string of the molecule is C[C@H](OC(C)(C)C)[C@H](OC(N)=O)C(=O)NN. The van der Waals surface area contributed by atoms with Crippen molar-refractivity contribution in [1.29, 1.82) is 0 Å². The minimum atomic E-state index is -1.17.